The average Bonchev–Trinajstić information content (AvgIpc) is 2.65. The molecule has 0 unspecified atom stereocenters. The number of amides is 1. The van der Waals surface area contributed by atoms with E-state index in [4.69, 9.17) is 9.84 Å². The summed E-state index contributed by atoms with van der Waals surface area (Å²) in [5.74, 6) is -0.995. The molecule has 0 aromatic heterocycles. The molecule has 0 aliphatic rings. The number of rotatable bonds is 10. The standard InChI is InChI=1S/C8H15NO2.C6H10O3.C5H8O2/c1-3-5-6-11-7-9-8(10)4-2;1-5(2)6(8)9-4-3-7;1-4(2)5(6)7-3/h4H,2-3,5-7H2,1H3,(H,9,10);7H,1,3-4H2,2H3;1H2,2-3H3. The molecule has 0 saturated carbocycles. The molecule has 2 N–H and O–H groups in total. The normalized spacial score (nSPS) is 8.63. The molecule has 1 amide bonds. The number of aliphatic hydroxyl groups excluding tert-OH is 1. The molecule has 0 aromatic carbocycles. The number of carbonyl (C=O) groups excluding carboxylic acids is 3. The van der Waals surface area contributed by atoms with E-state index in [0.717, 1.165) is 12.8 Å². The van der Waals surface area contributed by atoms with Crippen LogP contribution in [0.1, 0.15) is 33.6 Å². The van der Waals surface area contributed by atoms with Gasteiger partial charge in [-0.05, 0) is 26.3 Å². The molecule has 0 aliphatic heterocycles. The quantitative estimate of drug-likeness (QED) is 0.255. The highest BCUT2D eigenvalue weighted by Crippen LogP contribution is 1.90. The summed E-state index contributed by atoms with van der Waals surface area (Å²) in [5.41, 5.74) is 0.783. The lowest BCUT2D eigenvalue weighted by molar-refractivity contribution is -0.140. The van der Waals surface area contributed by atoms with Gasteiger partial charge in [0.2, 0.25) is 5.91 Å². The van der Waals surface area contributed by atoms with Crippen LogP contribution in [0.2, 0.25) is 0 Å². The van der Waals surface area contributed by atoms with Gasteiger partial charge in [-0.3, -0.25) is 4.79 Å². The summed E-state index contributed by atoms with van der Waals surface area (Å²) in [7, 11) is 1.33. The van der Waals surface area contributed by atoms with E-state index in [1.54, 1.807) is 13.8 Å². The molecule has 0 fully saturated rings. The number of unbranched alkanes of at least 4 members (excludes halogenated alkanes) is 1. The van der Waals surface area contributed by atoms with Crippen molar-refractivity contribution >= 4 is 17.8 Å². The Labute approximate surface area is 161 Å². The summed E-state index contributed by atoms with van der Waals surface area (Å²) >= 11 is 0. The molecule has 0 spiro atoms. The Kier molecular flexibility index (Phi) is 23.4. The second kappa shape index (κ2) is 21.6. The highest BCUT2D eigenvalue weighted by Gasteiger charge is 1.99. The van der Waals surface area contributed by atoms with Gasteiger partial charge in [0.25, 0.3) is 0 Å². The predicted molar refractivity (Wildman–Crippen MR) is 104 cm³/mol. The summed E-state index contributed by atoms with van der Waals surface area (Å²) < 4.78 is 13.8. The topological polar surface area (TPSA) is 111 Å². The van der Waals surface area contributed by atoms with Crippen molar-refractivity contribution in [2.24, 2.45) is 0 Å². The maximum Gasteiger partial charge on any atom is 0.333 e. The van der Waals surface area contributed by atoms with Crippen LogP contribution in [0.25, 0.3) is 0 Å². The fraction of sp³-hybridized carbons (Fsp3) is 0.526. The molecule has 0 heterocycles. The summed E-state index contributed by atoms with van der Waals surface area (Å²) in [6.07, 6.45) is 3.36. The van der Waals surface area contributed by atoms with Gasteiger partial charge in [-0.2, -0.15) is 0 Å². The Bertz CT molecular complexity index is 473. The van der Waals surface area contributed by atoms with E-state index in [1.807, 2.05) is 0 Å². The molecule has 8 heteroatoms. The molecule has 156 valence electrons. The minimum absolute atomic E-state index is 0.0473. The number of carbonyl (C=O) groups is 3. The van der Waals surface area contributed by atoms with Gasteiger partial charge < -0.3 is 24.6 Å². The fourth-order valence-corrected chi connectivity index (χ4v) is 0.949. The minimum Gasteiger partial charge on any atom is -0.466 e. The summed E-state index contributed by atoms with van der Waals surface area (Å²) in [5, 5.41) is 10.7. The van der Waals surface area contributed by atoms with Crippen molar-refractivity contribution in [1.29, 1.82) is 0 Å². The molecule has 0 radical (unpaired) electrons. The average molecular weight is 387 g/mol. The molecule has 0 atom stereocenters. The third-order valence-electron chi connectivity index (χ3n) is 2.38. The van der Waals surface area contributed by atoms with Crippen LogP contribution < -0.4 is 5.32 Å². The molecule has 0 saturated heterocycles. The SMILES string of the molecule is C=C(C)C(=O)OC.C=C(C)C(=O)OCCO.C=CC(=O)NCOCCCC. The molecule has 0 rings (SSSR count). The molecular weight excluding hydrogens is 354 g/mol. The van der Waals surface area contributed by atoms with Crippen LogP contribution in [-0.4, -0.2) is 56.6 Å². The zero-order valence-corrected chi connectivity index (χ0v) is 16.8. The van der Waals surface area contributed by atoms with Crippen LogP contribution in [0.5, 0.6) is 0 Å². The van der Waals surface area contributed by atoms with Crippen LogP contribution in [0.15, 0.2) is 37.0 Å². The Hall–Kier alpha value is -2.45. The Morgan fingerprint density at radius 1 is 1.07 bits per heavy atom. The van der Waals surface area contributed by atoms with Gasteiger partial charge in [-0.15, -0.1) is 0 Å². The number of methoxy groups -OCH3 is 1. The van der Waals surface area contributed by atoms with Gasteiger partial charge in [-0.1, -0.05) is 33.1 Å². The fourth-order valence-electron chi connectivity index (χ4n) is 0.949. The Morgan fingerprint density at radius 3 is 1.96 bits per heavy atom. The van der Waals surface area contributed by atoms with E-state index in [2.05, 4.69) is 41.5 Å². The van der Waals surface area contributed by atoms with Crippen molar-refractivity contribution in [3.05, 3.63) is 37.0 Å². The first-order chi connectivity index (χ1) is 12.7. The van der Waals surface area contributed by atoms with Crippen molar-refractivity contribution in [1.82, 2.24) is 5.32 Å². The lowest BCUT2D eigenvalue weighted by Gasteiger charge is -2.02. The molecular formula is C19H33NO7. The summed E-state index contributed by atoms with van der Waals surface area (Å²) in [6.45, 7) is 16.2. The second-order valence-electron chi connectivity index (χ2n) is 5.06. The molecule has 0 aromatic rings. The number of nitrogens with one attached hydrogen (secondary N) is 1. The number of ether oxygens (including phenoxy) is 3. The highest BCUT2D eigenvalue weighted by atomic mass is 16.5. The van der Waals surface area contributed by atoms with Crippen molar-refractivity contribution in [2.45, 2.75) is 33.6 Å². The number of hydrogen-bond acceptors (Lipinski definition) is 7. The van der Waals surface area contributed by atoms with E-state index < -0.39 is 5.97 Å². The van der Waals surface area contributed by atoms with Gasteiger partial charge in [0.05, 0.1) is 13.7 Å². The predicted octanol–water partition coefficient (Wildman–Crippen LogP) is 1.90. The van der Waals surface area contributed by atoms with Gasteiger partial charge in [0, 0.05) is 17.8 Å². The molecule has 0 aliphatic carbocycles. The lowest BCUT2D eigenvalue weighted by atomic mass is 10.4. The van der Waals surface area contributed by atoms with Crippen LogP contribution in [0.4, 0.5) is 0 Å². The van der Waals surface area contributed by atoms with E-state index in [0.29, 0.717) is 17.8 Å². The van der Waals surface area contributed by atoms with E-state index >= 15 is 0 Å². The van der Waals surface area contributed by atoms with Gasteiger partial charge in [0.15, 0.2) is 0 Å². The molecule has 0 bridgehead atoms. The molecule has 27 heavy (non-hydrogen) atoms. The van der Waals surface area contributed by atoms with Crippen LogP contribution in [0, 0.1) is 0 Å². The maximum atomic E-state index is 10.5. The van der Waals surface area contributed by atoms with Crippen LogP contribution in [0.3, 0.4) is 0 Å². The first-order valence-electron chi connectivity index (χ1n) is 8.33. The lowest BCUT2D eigenvalue weighted by Crippen LogP contribution is -2.23. The Morgan fingerprint density at radius 2 is 1.63 bits per heavy atom. The minimum atomic E-state index is -0.455. The van der Waals surface area contributed by atoms with Gasteiger partial charge in [0.1, 0.15) is 13.3 Å². The zero-order valence-electron chi connectivity index (χ0n) is 16.8. The molecule has 8 nitrogen and oxygen atoms in total. The van der Waals surface area contributed by atoms with Gasteiger partial charge in [-0.25, -0.2) is 9.59 Å². The zero-order chi connectivity index (χ0) is 21.7. The number of hydrogen-bond donors (Lipinski definition) is 2. The van der Waals surface area contributed by atoms with Crippen molar-refractivity contribution in [3.63, 3.8) is 0 Å². The first kappa shape index (κ1) is 29.3. The van der Waals surface area contributed by atoms with Crippen molar-refractivity contribution < 1.29 is 33.7 Å². The van der Waals surface area contributed by atoms with Crippen LogP contribution >= 0.6 is 0 Å². The number of aliphatic hydroxyl groups is 1. The highest BCUT2D eigenvalue weighted by molar-refractivity contribution is 5.87. The smallest absolute Gasteiger partial charge is 0.333 e. The van der Waals surface area contributed by atoms with Crippen molar-refractivity contribution in [2.75, 3.05) is 33.7 Å². The van der Waals surface area contributed by atoms with Gasteiger partial charge >= 0.3 is 11.9 Å². The summed E-state index contributed by atoms with van der Waals surface area (Å²) in [4.78, 5) is 31.2. The second-order valence-corrected chi connectivity index (χ2v) is 5.06. The van der Waals surface area contributed by atoms with E-state index in [9.17, 15) is 14.4 Å². The van der Waals surface area contributed by atoms with E-state index in [-0.39, 0.29) is 31.8 Å². The van der Waals surface area contributed by atoms with Crippen LogP contribution in [-0.2, 0) is 28.6 Å². The third-order valence-corrected chi connectivity index (χ3v) is 2.38. The van der Waals surface area contributed by atoms with E-state index in [1.165, 1.54) is 13.2 Å². The third kappa shape index (κ3) is 25.9. The maximum absolute atomic E-state index is 10.5. The summed E-state index contributed by atoms with van der Waals surface area (Å²) in [6, 6.07) is 0. The first-order valence-corrected chi connectivity index (χ1v) is 8.33. The largest absolute Gasteiger partial charge is 0.466 e. The number of esters is 2. The Balaban J connectivity index is -0.000000329. The van der Waals surface area contributed by atoms with Crippen molar-refractivity contribution in [3.8, 4) is 0 Å². The monoisotopic (exact) mass is 387 g/mol.